The van der Waals surface area contributed by atoms with Crippen LogP contribution in [0.3, 0.4) is 0 Å². The number of aryl methyl sites for hydroxylation is 1. The lowest BCUT2D eigenvalue weighted by atomic mass is 10.2. The number of fused-ring (bicyclic) bond motifs is 1. The topological polar surface area (TPSA) is 91.2 Å². The first-order valence-corrected chi connectivity index (χ1v) is 11.5. The van der Waals surface area contributed by atoms with E-state index in [2.05, 4.69) is 25.9 Å². The fourth-order valence-electron chi connectivity index (χ4n) is 2.86. The molecule has 0 atom stereocenters. The second-order valence-electron chi connectivity index (χ2n) is 6.22. The van der Waals surface area contributed by atoms with E-state index in [1.54, 1.807) is 35.7 Å². The van der Waals surface area contributed by atoms with Gasteiger partial charge in [-0.3, -0.25) is 0 Å². The van der Waals surface area contributed by atoms with Crippen molar-refractivity contribution in [1.29, 1.82) is 0 Å². The summed E-state index contributed by atoms with van der Waals surface area (Å²) >= 11 is 4.67. The Bertz CT molecular complexity index is 1340. The summed E-state index contributed by atoms with van der Waals surface area (Å²) in [7, 11) is -2.62. The number of thiazole rings is 1. The summed E-state index contributed by atoms with van der Waals surface area (Å²) in [6.07, 6.45) is 2.79. The fraction of sp³-hybridized carbons (Fsp3) is 0.105. The van der Waals surface area contributed by atoms with E-state index < -0.39 is 16.0 Å². The molecule has 148 valence electrons. The number of carbonyl (C=O) groups is 1. The van der Waals surface area contributed by atoms with Gasteiger partial charge in [-0.2, -0.15) is 0 Å². The second-order valence-corrected chi connectivity index (χ2v) is 9.70. The smallest absolute Gasteiger partial charge is 0.339 e. The van der Waals surface area contributed by atoms with Gasteiger partial charge < -0.3 is 4.74 Å². The van der Waals surface area contributed by atoms with E-state index in [0.29, 0.717) is 20.6 Å². The molecule has 10 heteroatoms. The lowest BCUT2D eigenvalue weighted by Gasteiger charge is -2.07. The second kappa shape index (κ2) is 7.36. The van der Waals surface area contributed by atoms with E-state index in [-0.39, 0.29) is 16.1 Å². The molecule has 4 rings (SSSR count). The molecule has 4 aromatic rings. The summed E-state index contributed by atoms with van der Waals surface area (Å²) in [5.41, 5.74) is 1.95. The van der Waals surface area contributed by atoms with Crippen molar-refractivity contribution in [2.24, 2.45) is 0 Å². The zero-order valence-corrected chi connectivity index (χ0v) is 18.5. The predicted molar refractivity (Wildman–Crippen MR) is 114 cm³/mol. The van der Waals surface area contributed by atoms with Crippen LogP contribution in [-0.4, -0.2) is 35.4 Å². The molecule has 0 saturated heterocycles. The highest BCUT2D eigenvalue weighted by atomic mass is 79.9. The number of nitrogens with zero attached hydrogens (tertiary/aromatic N) is 3. The normalized spacial score (nSPS) is 11.7. The molecule has 0 radical (unpaired) electrons. The van der Waals surface area contributed by atoms with Crippen LogP contribution in [0, 0.1) is 6.92 Å². The van der Waals surface area contributed by atoms with E-state index >= 15 is 0 Å². The van der Waals surface area contributed by atoms with E-state index in [1.807, 2.05) is 6.92 Å². The van der Waals surface area contributed by atoms with Crippen LogP contribution in [0.2, 0.25) is 0 Å². The molecular formula is C19H14BrN3O4S2. The van der Waals surface area contributed by atoms with Crippen molar-refractivity contribution in [2.75, 3.05) is 7.11 Å². The molecule has 0 aliphatic rings. The molecule has 0 unspecified atom stereocenters. The Morgan fingerprint density at radius 3 is 2.59 bits per heavy atom. The number of rotatable bonds is 4. The maximum Gasteiger partial charge on any atom is 0.339 e. The van der Waals surface area contributed by atoms with Crippen molar-refractivity contribution in [1.82, 2.24) is 13.9 Å². The standard InChI is InChI=1S/C19H14BrN3O4S2/c1-11-3-5-13(6-4-11)29(25,26)23-9-15(18-22-16(20)10-28-18)14-7-12(19(24)27-2)8-21-17(14)23/h3-10H,1-2H3. The van der Waals surface area contributed by atoms with Crippen LogP contribution in [0.25, 0.3) is 21.6 Å². The Balaban J connectivity index is 2.00. The van der Waals surface area contributed by atoms with E-state index in [1.165, 1.54) is 30.8 Å². The van der Waals surface area contributed by atoms with E-state index in [9.17, 15) is 13.2 Å². The van der Waals surface area contributed by atoms with Crippen molar-refractivity contribution in [3.05, 3.63) is 63.8 Å². The Hall–Kier alpha value is -2.56. The Kier molecular flexibility index (Phi) is 5.01. The molecule has 0 fully saturated rings. The van der Waals surface area contributed by atoms with Crippen LogP contribution in [0.15, 0.2) is 57.6 Å². The van der Waals surface area contributed by atoms with Gasteiger partial charge in [0.1, 0.15) is 9.61 Å². The molecule has 0 spiro atoms. The van der Waals surface area contributed by atoms with Gasteiger partial charge in [0, 0.05) is 28.7 Å². The van der Waals surface area contributed by atoms with Crippen LogP contribution in [0.5, 0.6) is 0 Å². The van der Waals surface area contributed by atoms with Gasteiger partial charge in [0.2, 0.25) is 0 Å². The minimum absolute atomic E-state index is 0.144. The summed E-state index contributed by atoms with van der Waals surface area (Å²) in [6, 6.07) is 8.15. The van der Waals surface area contributed by atoms with Crippen LogP contribution in [0.4, 0.5) is 0 Å². The molecule has 29 heavy (non-hydrogen) atoms. The third kappa shape index (κ3) is 3.47. The maximum atomic E-state index is 13.3. The minimum atomic E-state index is -3.90. The third-order valence-corrected chi connectivity index (χ3v) is 7.57. The lowest BCUT2D eigenvalue weighted by Crippen LogP contribution is -2.12. The van der Waals surface area contributed by atoms with Gasteiger partial charge in [0.25, 0.3) is 10.0 Å². The molecule has 0 amide bonds. The number of carbonyl (C=O) groups excluding carboxylic acids is 1. The van der Waals surface area contributed by atoms with Gasteiger partial charge in [-0.1, -0.05) is 17.7 Å². The summed E-state index contributed by atoms with van der Waals surface area (Å²) in [5, 5.41) is 2.89. The van der Waals surface area contributed by atoms with E-state index in [0.717, 1.165) is 9.54 Å². The zero-order valence-electron chi connectivity index (χ0n) is 15.3. The van der Waals surface area contributed by atoms with Gasteiger partial charge in [-0.15, -0.1) is 11.3 Å². The molecule has 0 aliphatic carbocycles. The Morgan fingerprint density at radius 1 is 1.24 bits per heavy atom. The number of halogens is 1. The first-order valence-electron chi connectivity index (χ1n) is 8.34. The van der Waals surface area contributed by atoms with Crippen molar-refractivity contribution in [3.8, 4) is 10.6 Å². The number of methoxy groups -OCH3 is 1. The van der Waals surface area contributed by atoms with Crippen molar-refractivity contribution in [3.63, 3.8) is 0 Å². The summed E-state index contributed by atoms with van der Waals surface area (Å²) in [5.74, 6) is -0.556. The molecule has 1 aromatic carbocycles. The van der Waals surface area contributed by atoms with Crippen molar-refractivity contribution >= 4 is 54.3 Å². The Morgan fingerprint density at radius 2 is 1.97 bits per heavy atom. The molecule has 3 aromatic heterocycles. The summed E-state index contributed by atoms with van der Waals surface area (Å²) < 4.78 is 33.1. The number of hydrogen-bond acceptors (Lipinski definition) is 7. The van der Waals surface area contributed by atoms with Crippen molar-refractivity contribution in [2.45, 2.75) is 11.8 Å². The molecular weight excluding hydrogens is 478 g/mol. The predicted octanol–water partition coefficient (Wildman–Crippen LogP) is 4.25. The van der Waals surface area contributed by atoms with Gasteiger partial charge >= 0.3 is 5.97 Å². The highest BCUT2D eigenvalue weighted by molar-refractivity contribution is 9.10. The van der Waals surface area contributed by atoms with Crippen LogP contribution < -0.4 is 0 Å². The highest BCUT2D eigenvalue weighted by Crippen LogP contribution is 2.35. The van der Waals surface area contributed by atoms with Gasteiger partial charge in [0.15, 0.2) is 5.65 Å². The number of pyridine rings is 1. The quantitative estimate of drug-likeness (QED) is 0.396. The summed E-state index contributed by atoms with van der Waals surface area (Å²) in [6.45, 7) is 1.88. The Labute approximate surface area is 179 Å². The SMILES string of the molecule is COC(=O)c1cnc2c(c1)c(-c1nc(Br)cs1)cn2S(=O)(=O)c1ccc(C)cc1. The zero-order chi connectivity index (χ0) is 20.8. The lowest BCUT2D eigenvalue weighted by molar-refractivity contribution is 0.0600. The molecule has 3 heterocycles. The minimum Gasteiger partial charge on any atom is -0.465 e. The maximum absolute atomic E-state index is 13.3. The number of ether oxygens (including phenoxy) is 1. The fourth-order valence-corrected chi connectivity index (χ4v) is 5.47. The first-order chi connectivity index (χ1) is 13.8. The number of hydrogen-bond donors (Lipinski definition) is 0. The average Bonchev–Trinajstić information content (AvgIpc) is 3.31. The third-order valence-electron chi connectivity index (χ3n) is 4.32. The average molecular weight is 492 g/mol. The van der Waals surface area contributed by atoms with Crippen LogP contribution in [-0.2, 0) is 14.8 Å². The van der Waals surface area contributed by atoms with Gasteiger partial charge in [-0.05, 0) is 41.1 Å². The molecule has 7 nitrogen and oxygen atoms in total. The van der Waals surface area contributed by atoms with Gasteiger partial charge in [-0.25, -0.2) is 27.2 Å². The van der Waals surface area contributed by atoms with Crippen molar-refractivity contribution < 1.29 is 17.9 Å². The number of aromatic nitrogens is 3. The first kappa shape index (κ1) is 19.7. The van der Waals surface area contributed by atoms with Crippen LogP contribution >= 0.6 is 27.3 Å². The highest BCUT2D eigenvalue weighted by Gasteiger charge is 2.24. The number of esters is 1. The molecule has 0 aliphatic heterocycles. The summed E-state index contributed by atoms with van der Waals surface area (Å²) in [4.78, 5) is 20.8. The van der Waals surface area contributed by atoms with E-state index in [4.69, 9.17) is 4.74 Å². The number of benzene rings is 1. The molecule has 0 bridgehead atoms. The monoisotopic (exact) mass is 491 g/mol. The van der Waals surface area contributed by atoms with Crippen LogP contribution in [0.1, 0.15) is 15.9 Å². The molecule has 0 N–H and O–H groups in total. The molecule has 0 saturated carbocycles. The van der Waals surface area contributed by atoms with Gasteiger partial charge in [0.05, 0.1) is 17.6 Å². The largest absolute Gasteiger partial charge is 0.465 e.